The Kier molecular flexibility index (Phi) is 4.63. The highest BCUT2D eigenvalue weighted by Gasteiger charge is 2.64. The molecular weight excluding hydrogens is 418 g/mol. The second kappa shape index (κ2) is 7.35. The Hall–Kier alpha value is -3.45. The summed E-state index contributed by atoms with van der Waals surface area (Å²) in [5.41, 5.74) is 0.874. The number of carbonyl (C=O) groups is 3. The van der Waals surface area contributed by atoms with Crippen LogP contribution in [0, 0.1) is 11.8 Å². The maximum Gasteiger partial charge on any atom is 0.240 e. The third-order valence-corrected chi connectivity index (χ3v) is 6.27. The van der Waals surface area contributed by atoms with Crippen LogP contribution in [0.5, 0.6) is 5.75 Å². The quantitative estimate of drug-likeness (QED) is 0.545. The van der Waals surface area contributed by atoms with Gasteiger partial charge in [-0.1, -0.05) is 17.7 Å². The number of amides is 2. The number of halogens is 1. The van der Waals surface area contributed by atoms with E-state index < -0.39 is 29.8 Å². The molecule has 4 atom stereocenters. The summed E-state index contributed by atoms with van der Waals surface area (Å²) in [6.45, 7) is 0. The number of hydrogen-bond acceptors (Lipinski definition) is 6. The molecule has 0 bridgehead atoms. The molecule has 2 saturated heterocycles. The van der Waals surface area contributed by atoms with Gasteiger partial charge in [-0.25, -0.2) is 4.90 Å². The van der Waals surface area contributed by atoms with Gasteiger partial charge in [0.2, 0.25) is 11.8 Å². The SMILES string of the molecule is COc1ccc(C(=O)[C@@H]2[C@H]3C(=O)N(c4ccc(Cl)cc4)C(=O)[C@@H]3[C@H]3C=CC=NN32)cc1. The lowest BCUT2D eigenvalue weighted by Gasteiger charge is -2.30. The summed E-state index contributed by atoms with van der Waals surface area (Å²) in [4.78, 5) is 41.5. The van der Waals surface area contributed by atoms with E-state index in [-0.39, 0.29) is 11.7 Å². The number of methoxy groups -OCH3 is 1. The highest BCUT2D eigenvalue weighted by Crippen LogP contribution is 2.46. The minimum atomic E-state index is -0.877. The van der Waals surface area contributed by atoms with E-state index in [9.17, 15) is 14.4 Å². The van der Waals surface area contributed by atoms with Gasteiger partial charge in [0.1, 0.15) is 11.8 Å². The molecule has 2 fully saturated rings. The van der Waals surface area contributed by atoms with Gasteiger partial charge in [0, 0.05) is 16.8 Å². The van der Waals surface area contributed by atoms with Crippen LogP contribution in [0.4, 0.5) is 5.69 Å². The van der Waals surface area contributed by atoms with Crippen LogP contribution >= 0.6 is 11.6 Å². The number of hydrazone groups is 1. The number of rotatable bonds is 4. The minimum absolute atomic E-state index is 0.258. The molecule has 0 radical (unpaired) electrons. The number of benzene rings is 2. The predicted octanol–water partition coefficient (Wildman–Crippen LogP) is 2.95. The van der Waals surface area contributed by atoms with Crippen molar-refractivity contribution in [3.05, 3.63) is 71.3 Å². The number of fused-ring (bicyclic) bond motifs is 3. The monoisotopic (exact) mass is 435 g/mol. The van der Waals surface area contributed by atoms with Crippen molar-refractivity contribution in [1.29, 1.82) is 0 Å². The lowest BCUT2D eigenvalue weighted by Crippen LogP contribution is -2.46. The van der Waals surface area contributed by atoms with Crippen molar-refractivity contribution >= 4 is 41.1 Å². The number of ketones is 1. The summed E-state index contributed by atoms with van der Waals surface area (Å²) in [6.07, 6.45) is 5.13. The molecule has 3 aliphatic heterocycles. The van der Waals surface area contributed by atoms with Gasteiger partial charge in [-0.15, -0.1) is 0 Å². The Bertz CT molecular complexity index is 1130. The Morgan fingerprint density at radius 3 is 2.35 bits per heavy atom. The lowest BCUT2D eigenvalue weighted by molar-refractivity contribution is -0.123. The lowest BCUT2D eigenvalue weighted by atomic mass is 9.86. The average molecular weight is 436 g/mol. The van der Waals surface area contributed by atoms with Gasteiger partial charge in [-0.3, -0.25) is 19.4 Å². The van der Waals surface area contributed by atoms with Crippen molar-refractivity contribution in [3.63, 3.8) is 0 Å². The molecule has 2 amide bonds. The van der Waals surface area contributed by atoms with Gasteiger partial charge in [-0.2, -0.15) is 5.10 Å². The van der Waals surface area contributed by atoms with Crippen LogP contribution in [0.2, 0.25) is 5.02 Å². The van der Waals surface area contributed by atoms with Gasteiger partial charge in [-0.05, 0) is 54.6 Å². The molecule has 31 heavy (non-hydrogen) atoms. The van der Waals surface area contributed by atoms with E-state index in [4.69, 9.17) is 16.3 Å². The molecule has 0 saturated carbocycles. The van der Waals surface area contributed by atoms with E-state index in [1.807, 2.05) is 6.08 Å². The second-order valence-electron chi connectivity index (χ2n) is 7.60. The van der Waals surface area contributed by atoms with Crippen LogP contribution in [0.25, 0.3) is 0 Å². The van der Waals surface area contributed by atoms with Crippen molar-refractivity contribution in [2.45, 2.75) is 12.1 Å². The normalized spacial score (nSPS) is 26.3. The van der Waals surface area contributed by atoms with E-state index in [1.54, 1.807) is 72.9 Å². The maximum absolute atomic E-state index is 13.5. The molecule has 0 aromatic heterocycles. The first-order valence-corrected chi connectivity index (χ1v) is 10.2. The second-order valence-corrected chi connectivity index (χ2v) is 8.03. The molecule has 2 aromatic rings. The van der Waals surface area contributed by atoms with Crippen molar-refractivity contribution in [2.75, 3.05) is 12.0 Å². The zero-order valence-corrected chi connectivity index (χ0v) is 17.3. The number of hydrogen-bond donors (Lipinski definition) is 0. The Morgan fingerprint density at radius 2 is 1.68 bits per heavy atom. The number of ether oxygens (including phenoxy) is 1. The Balaban J connectivity index is 1.55. The molecule has 8 heteroatoms. The van der Waals surface area contributed by atoms with Crippen LogP contribution in [0.15, 0.2) is 65.8 Å². The van der Waals surface area contributed by atoms with Gasteiger partial charge >= 0.3 is 0 Å². The van der Waals surface area contributed by atoms with E-state index >= 15 is 0 Å². The fourth-order valence-electron chi connectivity index (χ4n) is 4.61. The van der Waals surface area contributed by atoms with Crippen molar-refractivity contribution in [3.8, 4) is 5.75 Å². The zero-order valence-electron chi connectivity index (χ0n) is 16.5. The van der Waals surface area contributed by atoms with Crippen molar-refractivity contribution < 1.29 is 19.1 Å². The van der Waals surface area contributed by atoms with E-state index in [2.05, 4.69) is 5.10 Å². The fraction of sp³-hybridized carbons (Fsp3) is 0.217. The summed E-state index contributed by atoms with van der Waals surface area (Å²) in [5, 5.41) is 6.45. The molecule has 7 nitrogen and oxygen atoms in total. The Labute approximate surface area is 183 Å². The summed E-state index contributed by atoms with van der Waals surface area (Å²) in [6, 6.07) is 11.9. The number of nitrogens with zero attached hydrogens (tertiary/aromatic N) is 3. The number of carbonyl (C=O) groups excluding carboxylic acids is 3. The molecule has 0 aliphatic carbocycles. The molecule has 5 rings (SSSR count). The molecule has 0 unspecified atom stereocenters. The smallest absolute Gasteiger partial charge is 0.240 e. The van der Waals surface area contributed by atoms with Crippen LogP contribution in [0.1, 0.15) is 10.4 Å². The van der Waals surface area contributed by atoms with E-state index in [0.717, 1.165) is 0 Å². The molecule has 0 N–H and O–H groups in total. The Morgan fingerprint density at radius 1 is 1.00 bits per heavy atom. The molecule has 156 valence electrons. The highest BCUT2D eigenvalue weighted by molar-refractivity contribution is 6.31. The first kappa shape index (κ1) is 19.5. The molecule has 2 aromatic carbocycles. The molecule has 3 aliphatic rings. The first-order chi connectivity index (χ1) is 15.0. The van der Waals surface area contributed by atoms with Crippen LogP contribution in [-0.2, 0) is 9.59 Å². The third kappa shape index (κ3) is 2.96. The summed E-state index contributed by atoms with van der Waals surface area (Å²) < 4.78 is 5.16. The summed E-state index contributed by atoms with van der Waals surface area (Å²) in [5.74, 6) is -1.89. The number of Topliss-reactive ketones (excluding diaryl/α,β-unsaturated/α-hetero) is 1. The third-order valence-electron chi connectivity index (χ3n) is 6.02. The van der Waals surface area contributed by atoms with Crippen LogP contribution in [-0.4, -0.2) is 48.0 Å². The average Bonchev–Trinajstić information content (AvgIpc) is 3.27. The number of imide groups is 1. The molecule has 0 spiro atoms. The minimum Gasteiger partial charge on any atom is -0.497 e. The fourth-order valence-corrected chi connectivity index (χ4v) is 4.73. The summed E-state index contributed by atoms with van der Waals surface area (Å²) in [7, 11) is 1.55. The number of anilines is 1. The highest BCUT2D eigenvalue weighted by atomic mass is 35.5. The number of allylic oxidation sites excluding steroid dienone is 1. The maximum atomic E-state index is 13.5. The van der Waals surface area contributed by atoms with Crippen molar-refractivity contribution in [1.82, 2.24) is 5.01 Å². The molecule has 3 heterocycles. The van der Waals surface area contributed by atoms with Gasteiger partial charge < -0.3 is 4.74 Å². The van der Waals surface area contributed by atoms with Crippen LogP contribution in [0.3, 0.4) is 0 Å². The van der Waals surface area contributed by atoms with Crippen molar-refractivity contribution in [2.24, 2.45) is 16.9 Å². The van der Waals surface area contributed by atoms with E-state index in [0.29, 0.717) is 22.0 Å². The van der Waals surface area contributed by atoms with Gasteiger partial charge in [0.25, 0.3) is 0 Å². The topological polar surface area (TPSA) is 79.3 Å². The van der Waals surface area contributed by atoms with Gasteiger partial charge in [0.05, 0.1) is 30.7 Å². The summed E-state index contributed by atoms with van der Waals surface area (Å²) >= 11 is 5.96. The standard InChI is InChI=1S/C23H18ClN3O4/c1-31-16-10-4-13(5-11-16)21(28)20-19-18(17-3-2-12-25-27(17)20)22(29)26(23(19)30)15-8-6-14(24)7-9-15/h2-12,17-20H,1H3/t17-,18-,19+,20+/m1/s1. The van der Waals surface area contributed by atoms with E-state index in [1.165, 1.54) is 4.90 Å². The first-order valence-electron chi connectivity index (χ1n) is 9.82. The predicted molar refractivity (Wildman–Crippen MR) is 115 cm³/mol. The zero-order chi connectivity index (χ0) is 21.7. The largest absolute Gasteiger partial charge is 0.497 e. The van der Waals surface area contributed by atoms with Crippen LogP contribution < -0.4 is 9.64 Å². The molecular formula is C23H18ClN3O4. The van der Waals surface area contributed by atoms with Gasteiger partial charge in [0.15, 0.2) is 5.78 Å².